The Labute approximate surface area is 121 Å². The molecule has 0 radical (unpaired) electrons. The monoisotopic (exact) mass is 273 g/mol. The molecule has 100 valence electrons. The zero-order chi connectivity index (χ0) is 14.5. The maximum atomic E-state index is 9.26. The molecular weight excluding hydrogens is 262 g/mol. The van der Waals surface area contributed by atoms with Crippen LogP contribution in [0.5, 0.6) is 0 Å². The first-order valence-electron chi connectivity index (χ1n) is 6.35. The van der Waals surface area contributed by atoms with Crippen LogP contribution in [-0.4, -0.2) is 19.7 Å². The molecule has 0 saturated heterocycles. The summed E-state index contributed by atoms with van der Waals surface area (Å²) in [6.07, 6.45) is 6.61. The van der Waals surface area contributed by atoms with Gasteiger partial charge in [0.25, 0.3) is 0 Å². The average Bonchev–Trinajstić information content (AvgIpc) is 3.08. The molecule has 0 spiro atoms. The van der Waals surface area contributed by atoms with Crippen molar-refractivity contribution in [1.82, 2.24) is 19.7 Å². The summed E-state index contributed by atoms with van der Waals surface area (Å²) in [7, 11) is 0. The molecule has 5 heteroatoms. The van der Waals surface area contributed by atoms with Gasteiger partial charge in [0.15, 0.2) is 0 Å². The average molecular weight is 273 g/mol. The summed E-state index contributed by atoms with van der Waals surface area (Å²) in [5.41, 5.74) is 3.05. The van der Waals surface area contributed by atoms with Crippen LogP contribution in [0.4, 0.5) is 0 Å². The number of aromatic nitrogens is 4. The Hall–Kier alpha value is -3.26. The van der Waals surface area contributed by atoms with E-state index < -0.39 is 0 Å². The summed E-state index contributed by atoms with van der Waals surface area (Å²) >= 11 is 0. The molecule has 0 unspecified atom stereocenters. The number of nitrogens with zero attached hydrogens (tertiary/aromatic N) is 5. The zero-order valence-electron chi connectivity index (χ0n) is 11.1. The molecule has 0 aliphatic rings. The SMILES string of the molecule is N#C/C(=C/c1ccc(-n2cncn2)cc1)c1ccccn1. The van der Waals surface area contributed by atoms with Gasteiger partial charge in [0.1, 0.15) is 18.7 Å². The van der Waals surface area contributed by atoms with Crippen LogP contribution in [0.2, 0.25) is 0 Å². The second-order valence-electron chi connectivity index (χ2n) is 4.32. The Bertz CT molecular complexity index is 781. The van der Waals surface area contributed by atoms with Crippen LogP contribution in [0.25, 0.3) is 17.3 Å². The predicted octanol–water partition coefficient (Wildman–Crippen LogP) is 2.73. The normalized spacial score (nSPS) is 11.1. The van der Waals surface area contributed by atoms with Crippen LogP contribution in [0.1, 0.15) is 11.3 Å². The number of hydrogen-bond acceptors (Lipinski definition) is 4. The fourth-order valence-electron chi connectivity index (χ4n) is 1.92. The molecule has 21 heavy (non-hydrogen) atoms. The van der Waals surface area contributed by atoms with Gasteiger partial charge in [-0.3, -0.25) is 4.98 Å². The van der Waals surface area contributed by atoms with E-state index in [1.165, 1.54) is 6.33 Å². The number of nitriles is 1. The minimum absolute atomic E-state index is 0.532. The lowest BCUT2D eigenvalue weighted by Crippen LogP contribution is -1.93. The second-order valence-corrected chi connectivity index (χ2v) is 4.32. The van der Waals surface area contributed by atoms with Crippen molar-refractivity contribution in [1.29, 1.82) is 5.26 Å². The van der Waals surface area contributed by atoms with E-state index >= 15 is 0 Å². The van der Waals surface area contributed by atoms with Gasteiger partial charge in [-0.15, -0.1) is 0 Å². The van der Waals surface area contributed by atoms with Crippen molar-refractivity contribution in [2.24, 2.45) is 0 Å². The summed E-state index contributed by atoms with van der Waals surface area (Å²) in [5, 5.41) is 13.3. The van der Waals surface area contributed by atoms with Gasteiger partial charge >= 0.3 is 0 Å². The summed E-state index contributed by atoms with van der Waals surface area (Å²) in [6.45, 7) is 0. The Balaban J connectivity index is 1.91. The second kappa shape index (κ2) is 5.80. The van der Waals surface area contributed by atoms with Crippen molar-refractivity contribution < 1.29 is 0 Å². The molecule has 0 amide bonds. The largest absolute Gasteiger partial charge is 0.256 e. The standard InChI is InChI=1S/C16H11N5/c17-10-14(16-3-1-2-8-19-16)9-13-4-6-15(7-5-13)21-12-18-11-20-21/h1-9,11-12H/b14-9-. The first-order valence-corrected chi connectivity index (χ1v) is 6.35. The van der Waals surface area contributed by atoms with Gasteiger partial charge < -0.3 is 0 Å². The third kappa shape index (κ3) is 2.85. The fraction of sp³-hybridized carbons (Fsp3) is 0. The molecule has 1 aromatic carbocycles. The van der Waals surface area contributed by atoms with Gasteiger partial charge in [-0.1, -0.05) is 18.2 Å². The summed E-state index contributed by atoms with van der Waals surface area (Å²) in [4.78, 5) is 8.10. The van der Waals surface area contributed by atoms with Crippen LogP contribution >= 0.6 is 0 Å². The van der Waals surface area contributed by atoms with Crippen LogP contribution < -0.4 is 0 Å². The lowest BCUT2D eigenvalue weighted by molar-refractivity contribution is 0.879. The number of rotatable bonds is 3. The summed E-state index contributed by atoms with van der Waals surface area (Å²) < 4.78 is 1.68. The molecule has 0 atom stereocenters. The highest BCUT2D eigenvalue weighted by Gasteiger charge is 2.02. The van der Waals surface area contributed by atoms with Crippen LogP contribution in [0.3, 0.4) is 0 Å². The van der Waals surface area contributed by atoms with Crippen molar-refractivity contribution in [2.45, 2.75) is 0 Å². The predicted molar refractivity (Wildman–Crippen MR) is 79.1 cm³/mol. The lowest BCUT2D eigenvalue weighted by Gasteiger charge is -2.02. The van der Waals surface area contributed by atoms with E-state index in [1.807, 2.05) is 48.5 Å². The summed E-state index contributed by atoms with van der Waals surface area (Å²) in [6, 6.07) is 15.4. The first-order chi connectivity index (χ1) is 10.4. The molecule has 0 aliphatic carbocycles. The topological polar surface area (TPSA) is 67.4 Å². The molecule has 0 aliphatic heterocycles. The maximum Gasteiger partial charge on any atom is 0.138 e. The summed E-state index contributed by atoms with van der Waals surface area (Å²) in [5.74, 6) is 0. The van der Waals surface area contributed by atoms with E-state index in [-0.39, 0.29) is 0 Å². The molecule has 3 aromatic rings. The molecule has 0 fully saturated rings. The van der Waals surface area contributed by atoms with Crippen LogP contribution in [-0.2, 0) is 0 Å². The van der Waals surface area contributed by atoms with Gasteiger partial charge in [0, 0.05) is 6.20 Å². The number of allylic oxidation sites excluding steroid dienone is 1. The first kappa shape index (κ1) is 12.8. The number of benzene rings is 1. The van der Waals surface area contributed by atoms with Gasteiger partial charge in [-0.05, 0) is 35.9 Å². The molecule has 2 heterocycles. The molecule has 3 rings (SSSR count). The molecule has 0 saturated carbocycles. The molecule has 0 bridgehead atoms. The Morgan fingerprint density at radius 1 is 1.14 bits per heavy atom. The van der Waals surface area contributed by atoms with Crippen molar-refractivity contribution in [2.75, 3.05) is 0 Å². The fourth-order valence-corrected chi connectivity index (χ4v) is 1.92. The maximum absolute atomic E-state index is 9.26. The molecule has 0 N–H and O–H groups in total. The highest BCUT2D eigenvalue weighted by atomic mass is 15.3. The van der Waals surface area contributed by atoms with Gasteiger partial charge in [-0.25, -0.2) is 9.67 Å². The van der Waals surface area contributed by atoms with Gasteiger partial charge in [0.05, 0.1) is 17.0 Å². The smallest absolute Gasteiger partial charge is 0.138 e. The van der Waals surface area contributed by atoms with E-state index in [1.54, 1.807) is 17.2 Å². The van der Waals surface area contributed by atoms with E-state index in [0.29, 0.717) is 11.3 Å². The van der Waals surface area contributed by atoms with Crippen LogP contribution in [0, 0.1) is 11.3 Å². The molecule has 5 nitrogen and oxygen atoms in total. The minimum Gasteiger partial charge on any atom is -0.256 e. The Morgan fingerprint density at radius 2 is 2.00 bits per heavy atom. The van der Waals surface area contributed by atoms with Gasteiger partial charge in [0.2, 0.25) is 0 Å². The van der Waals surface area contributed by atoms with Crippen molar-refractivity contribution in [3.8, 4) is 11.8 Å². The lowest BCUT2D eigenvalue weighted by atomic mass is 10.1. The van der Waals surface area contributed by atoms with Crippen molar-refractivity contribution >= 4 is 11.6 Å². The van der Waals surface area contributed by atoms with E-state index in [9.17, 15) is 5.26 Å². The van der Waals surface area contributed by atoms with Gasteiger partial charge in [-0.2, -0.15) is 10.4 Å². The highest BCUT2D eigenvalue weighted by Crippen LogP contribution is 2.16. The minimum atomic E-state index is 0.532. The van der Waals surface area contributed by atoms with Crippen molar-refractivity contribution in [3.63, 3.8) is 0 Å². The zero-order valence-corrected chi connectivity index (χ0v) is 11.1. The van der Waals surface area contributed by atoms with Crippen LogP contribution in [0.15, 0.2) is 61.3 Å². The Kier molecular flexibility index (Phi) is 3.52. The van der Waals surface area contributed by atoms with Crippen molar-refractivity contribution in [3.05, 3.63) is 72.6 Å². The number of pyridine rings is 1. The third-order valence-corrected chi connectivity index (χ3v) is 2.95. The van der Waals surface area contributed by atoms with E-state index in [2.05, 4.69) is 21.1 Å². The third-order valence-electron chi connectivity index (χ3n) is 2.95. The number of hydrogen-bond donors (Lipinski definition) is 0. The molecule has 2 aromatic heterocycles. The molecular formula is C16H11N5. The quantitative estimate of drug-likeness (QED) is 0.688. The Morgan fingerprint density at radius 3 is 2.62 bits per heavy atom. The van der Waals surface area contributed by atoms with E-state index in [0.717, 1.165) is 11.3 Å². The van der Waals surface area contributed by atoms with E-state index in [4.69, 9.17) is 0 Å². The highest BCUT2D eigenvalue weighted by molar-refractivity contribution is 5.88.